The monoisotopic (exact) mass is 258 g/mol. The highest BCUT2D eigenvalue weighted by molar-refractivity contribution is 9.09. The van der Waals surface area contributed by atoms with E-state index in [0.717, 1.165) is 13.0 Å². The van der Waals surface area contributed by atoms with Crippen LogP contribution in [0.4, 0.5) is 0 Å². The summed E-state index contributed by atoms with van der Waals surface area (Å²) in [5, 5.41) is 0. The van der Waals surface area contributed by atoms with Gasteiger partial charge in [0.2, 0.25) is 0 Å². The molecule has 1 aromatic heterocycles. The molecule has 0 aliphatic rings. The first-order chi connectivity index (χ1) is 6.77. The van der Waals surface area contributed by atoms with E-state index in [1.165, 1.54) is 25.1 Å². The topological polar surface area (TPSA) is 17.8 Å². The van der Waals surface area contributed by atoms with Crippen LogP contribution in [-0.2, 0) is 13.0 Å². The van der Waals surface area contributed by atoms with Crippen LogP contribution in [0, 0.1) is 0 Å². The Hall–Kier alpha value is -0.310. The number of nitrogens with zero attached hydrogens (tertiary/aromatic N) is 2. The normalized spacial score (nSPS) is 13.1. The van der Waals surface area contributed by atoms with Gasteiger partial charge in [-0.2, -0.15) is 0 Å². The fraction of sp³-hybridized carbons (Fsp3) is 0.727. The van der Waals surface area contributed by atoms with Gasteiger partial charge in [-0.15, -0.1) is 0 Å². The van der Waals surface area contributed by atoms with Gasteiger partial charge in [0.05, 0.1) is 0 Å². The van der Waals surface area contributed by atoms with Crippen molar-refractivity contribution in [1.29, 1.82) is 0 Å². The molecule has 0 amide bonds. The van der Waals surface area contributed by atoms with Gasteiger partial charge in [0.25, 0.3) is 0 Å². The Balaban J connectivity index is 2.31. The first kappa shape index (κ1) is 11.8. The van der Waals surface area contributed by atoms with Gasteiger partial charge in [-0.05, 0) is 26.2 Å². The maximum absolute atomic E-state index is 4.36. The minimum absolute atomic E-state index is 0.674. The maximum Gasteiger partial charge on any atom is 0.108 e. The predicted octanol–water partition coefficient (Wildman–Crippen LogP) is 3.40. The van der Waals surface area contributed by atoms with E-state index in [1.54, 1.807) is 0 Å². The number of aromatic nitrogens is 2. The molecule has 0 aliphatic heterocycles. The van der Waals surface area contributed by atoms with E-state index in [1.807, 2.05) is 6.20 Å². The molecular formula is C11H19BrN2. The van der Waals surface area contributed by atoms with Crippen molar-refractivity contribution < 1.29 is 0 Å². The summed E-state index contributed by atoms with van der Waals surface area (Å²) < 4.78 is 2.22. The predicted molar refractivity (Wildman–Crippen MR) is 63.8 cm³/mol. The molecule has 3 heteroatoms. The van der Waals surface area contributed by atoms with E-state index in [4.69, 9.17) is 0 Å². The highest BCUT2D eigenvalue weighted by Crippen LogP contribution is 2.13. The third kappa shape index (κ3) is 3.45. The van der Waals surface area contributed by atoms with E-state index in [9.17, 15) is 0 Å². The first-order valence-electron chi connectivity index (χ1n) is 5.42. The quantitative estimate of drug-likeness (QED) is 0.716. The largest absolute Gasteiger partial charge is 0.335 e. The fourth-order valence-corrected chi connectivity index (χ4v) is 1.87. The summed E-state index contributed by atoms with van der Waals surface area (Å²) in [6.45, 7) is 5.40. The standard InChI is InChI=1S/C11H19BrN2/c1-3-10(12)6-5-7-11-13-8-9-14(11)4-2/h8-10H,3-7H2,1-2H3. The van der Waals surface area contributed by atoms with Crippen molar-refractivity contribution in [3.63, 3.8) is 0 Å². The molecule has 0 saturated carbocycles. The molecular weight excluding hydrogens is 240 g/mol. The molecule has 0 N–H and O–H groups in total. The van der Waals surface area contributed by atoms with Crippen LogP contribution >= 0.6 is 15.9 Å². The molecule has 0 fully saturated rings. The molecule has 0 spiro atoms. The van der Waals surface area contributed by atoms with Gasteiger partial charge in [0, 0.05) is 30.2 Å². The number of hydrogen-bond acceptors (Lipinski definition) is 1. The van der Waals surface area contributed by atoms with Crippen molar-refractivity contribution in [2.45, 2.75) is 50.9 Å². The van der Waals surface area contributed by atoms with Gasteiger partial charge in [-0.25, -0.2) is 4.98 Å². The van der Waals surface area contributed by atoms with Crippen molar-refractivity contribution in [3.05, 3.63) is 18.2 Å². The lowest BCUT2D eigenvalue weighted by Crippen LogP contribution is -2.03. The van der Waals surface area contributed by atoms with Crippen LogP contribution in [0.3, 0.4) is 0 Å². The molecule has 0 aromatic carbocycles. The van der Waals surface area contributed by atoms with Crippen LogP contribution in [0.2, 0.25) is 0 Å². The molecule has 0 aliphatic carbocycles. The molecule has 0 saturated heterocycles. The van der Waals surface area contributed by atoms with Crippen molar-refractivity contribution in [3.8, 4) is 0 Å². The van der Waals surface area contributed by atoms with Crippen LogP contribution in [0.15, 0.2) is 12.4 Å². The van der Waals surface area contributed by atoms with Crippen LogP contribution in [-0.4, -0.2) is 14.4 Å². The second kappa shape index (κ2) is 6.23. The Labute approximate surface area is 94.9 Å². The lowest BCUT2D eigenvalue weighted by Gasteiger charge is -2.07. The van der Waals surface area contributed by atoms with Crippen molar-refractivity contribution in [2.75, 3.05) is 0 Å². The Morgan fingerprint density at radius 1 is 1.50 bits per heavy atom. The molecule has 1 aromatic rings. The number of imidazole rings is 1. The summed E-state index contributed by atoms with van der Waals surface area (Å²) >= 11 is 3.65. The van der Waals surface area contributed by atoms with Gasteiger partial charge >= 0.3 is 0 Å². The molecule has 80 valence electrons. The average Bonchev–Trinajstić information content (AvgIpc) is 2.65. The van der Waals surface area contributed by atoms with Gasteiger partial charge in [0.15, 0.2) is 0 Å². The fourth-order valence-electron chi connectivity index (χ4n) is 1.54. The summed E-state index contributed by atoms with van der Waals surface area (Å²) in [5.74, 6) is 1.23. The van der Waals surface area contributed by atoms with E-state index in [-0.39, 0.29) is 0 Å². The molecule has 1 atom stereocenters. The Bertz CT molecular complexity index is 258. The second-order valence-electron chi connectivity index (χ2n) is 3.53. The van der Waals surface area contributed by atoms with E-state index >= 15 is 0 Å². The number of alkyl halides is 1. The third-order valence-corrected chi connectivity index (χ3v) is 3.61. The minimum atomic E-state index is 0.674. The number of hydrogen-bond donors (Lipinski definition) is 0. The minimum Gasteiger partial charge on any atom is -0.335 e. The Kier molecular flexibility index (Phi) is 5.23. The summed E-state index contributed by atoms with van der Waals surface area (Å²) in [7, 11) is 0. The van der Waals surface area contributed by atoms with Crippen LogP contribution < -0.4 is 0 Å². The van der Waals surface area contributed by atoms with Crippen LogP contribution in [0.1, 0.15) is 38.9 Å². The molecule has 2 nitrogen and oxygen atoms in total. The van der Waals surface area contributed by atoms with Crippen molar-refractivity contribution >= 4 is 15.9 Å². The van der Waals surface area contributed by atoms with E-state index < -0.39 is 0 Å². The third-order valence-electron chi connectivity index (χ3n) is 2.50. The second-order valence-corrected chi connectivity index (χ2v) is 4.82. The van der Waals surface area contributed by atoms with Gasteiger partial charge < -0.3 is 4.57 Å². The molecule has 0 bridgehead atoms. The van der Waals surface area contributed by atoms with Crippen LogP contribution in [0.25, 0.3) is 0 Å². The van der Waals surface area contributed by atoms with E-state index in [0.29, 0.717) is 4.83 Å². The SMILES string of the molecule is CCC(Br)CCCc1nccn1CC. The molecule has 1 heterocycles. The summed E-state index contributed by atoms with van der Waals surface area (Å²) in [6.07, 6.45) is 8.73. The molecule has 0 radical (unpaired) electrons. The molecule has 14 heavy (non-hydrogen) atoms. The Morgan fingerprint density at radius 3 is 2.93 bits per heavy atom. The smallest absolute Gasteiger partial charge is 0.108 e. The first-order valence-corrected chi connectivity index (χ1v) is 6.33. The molecule has 1 rings (SSSR count). The highest BCUT2D eigenvalue weighted by atomic mass is 79.9. The zero-order chi connectivity index (χ0) is 10.4. The summed E-state index contributed by atoms with van der Waals surface area (Å²) in [5.41, 5.74) is 0. The zero-order valence-corrected chi connectivity index (χ0v) is 10.6. The lowest BCUT2D eigenvalue weighted by molar-refractivity contribution is 0.632. The lowest BCUT2D eigenvalue weighted by atomic mass is 10.1. The van der Waals surface area contributed by atoms with Crippen molar-refractivity contribution in [2.24, 2.45) is 0 Å². The maximum atomic E-state index is 4.36. The number of rotatable bonds is 6. The van der Waals surface area contributed by atoms with E-state index in [2.05, 4.69) is 45.5 Å². The van der Waals surface area contributed by atoms with Crippen LogP contribution in [0.5, 0.6) is 0 Å². The zero-order valence-electron chi connectivity index (χ0n) is 9.04. The summed E-state index contributed by atoms with van der Waals surface area (Å²) in [4.78, 5) is 5.03. The van der Waals surface area contributed by atoms with Gasteiger partial charge in [-0.3, -0.25) is 0 Å². The van der Waals surface area contributed by atoms with Gasteiger partial charge in [0.1, 0.15) is 5.82 Å². The van der Waals surface area contributed by atoms with Gasteiger partial charge in [-0.1, -0.05) is 22.9 Å². The number of aryl methyl sites for hydroxylation is 2. The van der Waals surface area contributed by atoms with Crippen molar-refractivity contribution in [1.82, 2.24) is 9.55 Å². The number of halogens is 1. The summed E-state index contributed by atoms with van der Waals surface area (Å²) in [6, 6.07) is 0. The Morgan fingerprint density at radius 2 is 2.29 bits per heavy atom. The highest BCUT2D eigenvalue weighted by Gasteiger charge is 2.03. The average molecular weight is 259 g/mol. The molecule has 1 unspecified atom stereocenters.